The van der Waals surface area contributed by atoms with Gasteiger partial charge in [0, 0.05) is 12.6 Å². The molecule has 5 heteroatoms. The molecule has 18 heavy (non-hydrogen) atoms. The lowest BCUT2D eigenvalue weighted by atomic mass is 9.83. The van der Waals surface area contributed by atoms with Crippen molar-refractivity contribution in [1.29, 1.82) is 0 Å². The molecule has 2 aliphatic heterocycles. The Kier molecular flexibility index (Phi) is 3.56. The van der Waals surface area contributed by atoms with Crippen LogP contribution in [0.5, 0.6) is 0 Å². The summed E-state index contributed by atoms with van der Waals surface area (Å²) >= 11 is 0. The van der Waals surface area contributed by atoms with Crippen molar-refractivity contribution >= 4 is 6.09 Å². The molecule has 2 aliphatic rings. The van der Waals surface area contributed by atoms with Crippen LogP contribution in [0.1, 0.15) is 34.1 Å². The Labute approximate surface area is 109 Å². The van der Waals surface area contributed by atoms with Crippen molar-refractivity contribution in [1.82, 2.24) is 10.2 Å². The van der Waals surface area contributed by atoms with Crippen LogP contribution in [-0.2, 0) is 9.47 Å². The lowest BCUT2D eigenvalue weighted by Crippen LogP contribution is -2.75. The number of hydrogen-bond acceptors (Lipinski definition) is 4. The van der Waals surface area contributed by atoms with E-state index in [1.165, 1.54) is 0 Å². The van der Waals surface area contributed by atoms with Crippen molar-refractivity contribution in [3.63, 3.8) is 0 Å². The maximum absolute atomic E-state index is 11.9. The Morgan fingerprint density at radius 1 is 1.50 bits per heavy atom. The summed E-state index contributed by atoms with van der Waals surface area (Å²) in [5.41, 5.74) is -0.625. The Balaban J connectivity index is 1.90. The molecule has 104 valence electrons. The zero-order valence-electron chi connectivity index (χ0n) is 11.8. The molecular formula is C13H24N2O3. The third-order valence-corrected chi connectivity index (χ3v) is 3.49. The molecule has 2 rings (SSSR count). The highest BCUT2D eigenvalue weighted by atomic mass is 16.6. The molecule has 1 atom stereocenters. The molecule has 0 aliphatic carbocycles. The van der Waals surface area contributed by atoms with E-state index >= 15 is 0 Å². The highest BCUT2D eigenvalue weighted by Crippen LogP contribution is 2.33. The Morgan fingerprint density at radius 2 is 2.17 bits per heavy atom. The SMILES string of the molecule is CCC1NCCOC12CN(C(=O)OC(C)(C)C)C2. The van der Waals surface area contributed by atoms with Crippen LogP contribution in [0.2, 0.25) is 0 Å². The topological polar surface area (TPSA) is 50.8 Å². The zero-order valence-corrected chi connectivity index (χ0v) is 11.8. The summed E-state index contributed by atoms with van der Waals surface area (Å²) in [6.07, 6.45) is 0.777. The normalized spacial score (nSPS) is 26.9. The van der Waals surface area contributed by atoms with Gasteiger partial charge in [0.2, 0.25) is 0 Å². The van der Waals surface area contributed by atoms with Crippen molar-refractivity contribution in [3.05, 3.63) is 0 Å². The molecule has 2 fully saturated rings. The molecule has 1 spiro atoms. The Morgan fingerprint density at radius 3 is 2.72 bits per heavy atom. The smallest absolute Gasteiger partial charge is 0.410 e. The molecule has 2 saturated heterocycles. The van der Waals surface area contributed by atoms with Crippen molar-refractivity contribution in [2.75, 3.05) is 26.2 Å². The standard InChI is InChI=1S/C13H24N2O3/c1-5-10-13(17-7-6-14-10)8-15(9-13)11(16)18-12(2,3)4/h10,14H,5-9H2,1-4H3. The number of rotatable bonds is 1. The molecule has 5 nitrogen and oxygen atoms in total. The third-order valence-electron chi connectivity index (χ3n) is 3.49. The van der Waals surface area contributed by atoms with Crippen LogP contribution in [0.3, 0.4) is 0 Å². The van der Waals surface area contributed by atoms with E-state index in [0.717, 1.165) is 19.6 Å². The van der Waals surface area contributed by atoms with Gasteiger partial charge < -0.3 is 19.7 Å². The molecule has 1 amide bonds. The Bertz CT molecular complexity index is 319. The summed E-state index contributed by atoms with van der Waals surface area (Å²) < 4.78 is 11.3. The summed E-state index contributed by atoms with van der Waals surface area (Å²) in [6.45, 7) is 10.7. The van der Waals surface area contributed by atoms with Gasteiger partial charge in [-0.15, -0.1) is 0 Å². The monoisotopic (exact) mass is 256 g/mol. The van der Waals surface area contributed by atoms with E-state index in [4.69, 9.17) is 9.47 Å². The first-order valence-electron chi connectivity index (χ1n) is 6.71. The van der Waals surface area contributed by atoms with Gasteiger partial charge in [-0.05, 0) is 27.2 Å². The largest absolute Gasteiger partial charge is 0.444 e. The molecule has 1 N–H and O–H groups in total. The molecule has 0 aromatic carbocycles. The second-order valence-electron chi connectivity index (χ2n) is 6.16. The van der Waals surface area contributed by atoms with E-state index in [1.807, 2.05) is 20.8 Å². The van der Waals surface area contributed by atoms with Crippen molar-refractivity contribution in [2.45, 2.75) is 51.4 Å². The minimum Gasteiger partial charge on any atom is -0.444 e. The number of morpholine rings is 1. The van der Waals surface area contributed by atoms with Gasteiger partial charge in [0.15, 0.2) is 0 Å². The molecule has 0 aromatic heterocycles. The van der Waals surface area contributed by atoms with E-state index in [0.29, 0.717) is 19.1 Å². The van der Waals surface area contributed by atoms with Crippen LogP contribution >= 0.6 is 0 Å². The first-order chi connectivity index (χ1) is 8.36. The lowest BCUT2D eigenvalue weighted by molar-refractivity contribution is -0.174. The Hall–Kier alpha value is -0.810. The van der Waals surface area contributed by atoms with Gasteiger partial charge in [-0.3, -0.25) is 0 Å². The summed E-state index contributed by atoms with van der Waals surface area (Å²) in [4.78, 5) is 13.6. The van der Waals surface area contributed by atoms with Crippen LogP contribution in [0.25, 0.3) is 0 Å². The van der Waals surface area contributed by atoms with Crippen molar-refractivity contribution in [2.24, 2.45) is 0 Å². The summed E-state index contributed by atoms with van der Waals surface area (Å²) in [7, 11) is 0. The molecule has 1 unspecified atom stereocenters. The summed E-state index contributed by atoms with van der Waals surface area (Å²) in [6, 6.07) is 0.338. The highest BCUT2D eigenvalue weighted by Gasteiger charge is 2.53. The molecule has 0 aromatic rings. The fourth-order valence-electron chi connectivity index (χ4n) is 2.66. The van der Waals surface area contributed by atoms with Gasteiger partial charge in [0.25, 0.3) is 0 Å². The number of carbonyl (C=O) groups is 1. The number of nitrogens with one attached hydrogen (secondary N) is 1. The minimum absolute atomic E-state index is 0.191. The molecule has 2 heterocycles. The quantitative estimate of drug-likeness (QED) is 0.770. The lowest BCUT2D eigenvalue weighted by Gasteiger charge is -2.55. The van der Waals surface area contributed by atoms with E-state index < -0.39 is 5.60 Å². The summed E-state index contributed by atoms with van der Waals surface area (Å²) in [5.74, 6) is 0. The van der Waals surface area contributed by atoms with Crippen molar-refractivity contribution < 1.29 is 14.3 Å². The number of likely N-dealkylation sites (tertiary alicyclic amines) is 1. The number of nitrogens with zero attached hydrogens (tertiary/aromatic N) is 1. The molecule has 0 radical (unpaired) electrons. The number of hydrogen-bond donors (Lipinski definition) is 1. The van der Waals surface area contributed by atoms with Crippen LogP contribution < -0.4 is 5.32 Å². The van der Waals surface area contributed by atoms with E-state index in [9.17, 15) is 4.79 Å². The maximum atomic E-state index is 11.9. The first-order valence-corrected chi connectivity index (χ1v) is 6.71. The highest BCUT2D eigenvalue weighted by molar-refractivity contribution is 5.69. The van der Waals surface area contributed by atoms with Gasteiger partial charge in [-0.1, -0.05) is 6.92 Å². The maximum Gasteiger partial charge on any atom is 0.410 e. The van der Waals surface area contributed by atoms with Gasteiger partial charge in [-0.25, -0.2) is 4.79 Å². The fraction of sp³-hybridized carbons (Fsp3) is 0.923. The number of ether oxygens (including phenoxy) is 2. The predicted molar refractivity (Wildman–Crippen MR) is 68.6 cm³/mol. The first kappa shape index (κ1) is 13.6. The second kappa shape index (κ2) is 4.70. The van der Waals surface area contributed by atoms with E-state index in [2.05, 4.69) is 12.2 Å². The van der Waals surface area contributed by atoms with Crippen LogP contribution in [0.4, 0.5) is 4.79 Å². The van der Waals surface area contributed by atoms with Gasteiger partial charge in [0.05, 0.1) is 19.7 Å². The molecular weight excluding hydrogens is 232 g/mol. The second-order valence-corrected chi connectivity index (χ2v) is 6.16. The van der Waals surface area contributed by atoms with E-state index in [1.54, 1.807) is 4.90 Å². The average molecular weight is 256 g/mol. The molecule has 0 saturated carbocycles. The number of carbonyl (C=O) groups excluding carboxylic acids is 1. The van der Waals surface area contributed by atoms with Crippen LogP contribution in [0.15, 0.2) is 0 Å². The van der Waals surface area contributed by atoms with Crippen LogP contribution in [-0.4, -0.2) is 54.5 Å². The van der Waals surface area contributed by atoms with Crippen molar-refractivity contribution in [3.8, 4) is 0 Å². The minimum atomic E-state index is -0.435. The van der Waals surface area contributed by atoms with Crippen LogP contribution in [0, 0.1) is 0 Å². The fourth-order valence-corrected chi connectivity index (χ4v) is 2.66. The average Bonchev–Trinajstić information content (AvgIpc) is 2.23. The number of amides is 1. The summed E-state index contributed by atoms with van der Waals surface area (Å²) in [5, 5.41) is 3.47. The van der Waals surface area contributed by atoms with Gasteiger partial charge >= 0.3 is 6.09 Å². The third kappa shape index (κ3) is 2.62. The van der Waals surface area contributed by atoms with Gasteiger partial charge in [-0.2, -0.15) is 0 Å². The van der Waals surface area contributed by atoms with E-state index in [-0.39, 0.29) is 11.7 Å². The predicted octanol–water partition coefficient (Wildman–Crippen LogP) is 1.37. The van der Waals surface area contributed by atoms with Gasteiger partial charge in [0.1, 0.15) is 11.2 Å². The zero-order chi connectivity index (χ0) is 13.4. The molecule has 0 bridgehead atoms.